The van der Waals surface area contributed by atoms with Crippen LogP contribution in [0.25, 0.3) is 66.3 Å². The summed E-state index contributed by atoms with van der Waals surface area (Å²) in [7, 11) is 2.08. The van der Waals surface area contributed by atoms with E-state index in [-0.39, 0.29) is 5.41 Å². The van der Waals surface area contributed by atoms with Gasteiger partial charge in [-0.05, 0) is 71.6 Å². The van der Waals surface area contributed by atoms with Crippen molar-refractivity contribution in [3.63, 3.8) is 0 Å². The van der Waals surface area contributed by atoms with Gasteiger partial charge in [0.2, 0.25) is 6.33 Å². The molecule has 9 aromatic rings. The van der Waals surface area contributed by atoms with E-state index in [2.05, 4.69) is 139 Å². The van der Waals surface area contributed by atoms with Gasteiger partial charge in [-0.25, -0.2) is 9.55 Å². The van der Waals surface area contributed by atoms with Gasteiger partial charge in [0, 0.05) is 34.5 Å². The van der Waals surface area contributed by atoms with Crippen molar-refractivity contribution in [2.45, 2.75) is 26.2 Å². The molecule has 0 aliphatic rings. The van der Waals surface area contributed by atoms with Crippen molar-refractivity contribution in [1.82, 2.24) is 14.1 Å². The highest BCUT2D eigenvalue weighted by Crippen LogP contribution is 2.38. The molecule has 6 nitrogen and oxygen atoms in total. The van der Waals surface area contributed by atoms with Crippen LogP contribution in [0.5, 0.6) is 11.5 Å². The molecule has 9 rings (SSSR count). The highest BCUT2D eigenvalue weighted by Gasteiger charge is 2.23. The quantitative estimate of drug-likeness (QED) is 0.186. The molecule has 0 saturated heterocycles. The van der Waals surface area contributed by atoms with Gasteiger partial charge in [-0.15, -0.1) is 0 Å². The zero-order valence-corrected chi connectivity index (χ0v) is 26.7. The lowest BCUT2D eigenvalue weighted by atomic mass is 9.88. The first-order chi connectivity index (χ1) is 22.8. The topological polar surface area (TPSA) is 49.0 Å². The molecule has 0 aliphatic heterocycles. The van der Waals surface area contributed by atoms with Gasteiger partial charge in [0.1, 0.15) is 34.2 Å². The molecular weight excluding hydrogens is 580 g/mol. The summed E-state index contributed by atoms with van der Waals surface area (Å²) in [4.78, 5) is 4.83. The fraction of sp³-hybridized carbons (Fsp3) is 0.122. The van der Waals surface area contributed by atoms with E-state index < -0.39 is 0 Å². The van der Waals surface area contributed by atoms with Crippen molar-refractivity contribution in [2.24, 2.45) is 7.05 Å². The number of nitrogens with zero attached hydrogens (tertiary/aromatic N) is 4. The molecule has 4 heterocycles. The van der Waals surface area contributed by atoms with E-state index in [4.69, 9.17) is 14.1 Å². The summed E-state index contributed by atoms with van der Waals surface area (Å²) in [5.41, 5.74) is 8.40. The monoisotopic (exact) mass is 613 g/mol. The van der Waals surface area contributed by atoms with Crippen LogP contribution in [0.4, 0.5) is 0 Å². The molecule has 0 atom stereocenters. The maximum Gasteiger partial charge on any atom is 0.249 e. The summed E-state index contributed by atoms with van der Waals surface area (Å²) in [6, 6.07) is 39.8. The molecule has 0 N–H and O–H groups in total. The number of benzene rings is 5. The fourth-order valence-electron chi connectivity index (χ4n) is 6.91. The Balaban J connectivity index is 1.16. The van der Waals surface area contributed by atoms with E-state index in [1.165, 1.54) is 10.9 Å². The number of aryl methyl sites for hydroxylation is 1. The van der Waals surface area contributed by atoms with Crippen LogP contribution in [0.3, 0.4) is 0 Å². The second-order valence-electron chi connectivity index (χ2n) is 13.3. The van der Waals surface area contributed by atoms with Crippen molar-refractivity contribution in [3.05, 3.63) is 133 Å². The number of para-hydroxylation sites is 2. The summed E-state index contributed by atoms with van der Waals surface area (Å²) in [6.07, 6.45) is 4.03. The van der Waals surface area contributed by atoms with Gasteiger partial charge in [-0.3, -0.25) is 4.57 Å². The third-order valence-corrected chi connectivity index (χ3v) is 9.22. The summed E-state index contributed by atoms with van der Waals surface area (Å²) < 4.78 is 19.5. The molecule has 0 spiro atoms. The average Bonchev–Trinajstić information content (AvgIpc) is 3.73. The predicted octanol–water partition coefficient (Wildman–Crippen LogP) is 9.94. The lowest BCUT2D eigenvalue weighted by Crippen LogP contribution is -2.25. The molecule has 0 unspecified atom stereocenters. The number of hydrogen-bond donors (Lipinski definition) is 0. The second kappa shape index (κ2) is 10.1. The first-order valence-electron chi connectivity index (χ1n) is 15.9. The lowest BCUT2D eigenvalue weighted by Gasteiger charge is -2.20. The van der Waals surface area contributed by atoms with E-state index in [9.17, 15) is 0 Å². The third-order valence-electron chi connectivity index (χ3n) is 9.22. The van der Waals surface area contributed by atoms with Gasteiger partial charge in [-0.1, -0.05) is 63.2 Å². The zero-order valence-electron chi connectivity index (χ0n) is 26.7. The van der Waals surface area contributed by atoms with Gasteiger partial charge in [-0.2, -0.15) is 4.57 Å². The van der Waals surface area contributed by atoms with Gasteiger partial charge in [0.05, 0.1) is 23.5 Å². The van der Waals surface area contributed by atoms with Crippen molar-refractivity contribution >= 4 is 54.8 Å². The molecular formula is C41H33N4O2+. The van der Waals surface area contributed by atoms with Crippen molar-refractivity contribution < 1.29 is 13.7 Å². The Morgan fingerprint density at radius 3 is 2.36 bits per heavy atom. The van der Waals surface area contributed by atoms with Crippen LogP contribution in [0.15, 0.2) is 132 Å². The minimum absolute atomic E-state index is 0.00825. The fourth-order valence-corrected chi connectivity index (χ4v) is 6.91. The molecule has 47 heavy (non-hydrogen) atoms. The Bertz CT molecular complexity index is 2670. The molecule has 5 aromatic carbocycles. The van der Waals surface area contributed by atoms with Gasteiger partial charge < -0.3 is 9.15 Å². The Morgan fingerprint density at radius 2 is 1.49 bits per heavy atom. The van der Waals surface area contributed by atoms with E-state index in [1.807, 2.05) is 30.5 Å². The third kappa shape index (κ3) is 4.32. The standard InChI is InChI=1S/C41H33N4O2/c1-41(2,3)26-20-21-42-38(22-26)45-33-14-7-5-12-30(33)31-17-16-29(24-35(31)45)46-28-11-9-10-27(23-28)44-25-43(4)34-18-19-37-39(40(34)44)32-13-6-8-15-36(32)47-37/h5-25H,1-4H3/q+1. The SMILES string of the molecule is C[n+]1cn(-c2cccc(Oc3ccc4c5ccccc5n(-c5cc(C(C)(C)C)ccn5)c4c3)c2)c2c3c(ccc21)oc1ccccc13. The van der Waals surface area contributed by atoms with Gasteiger partial charge >= 0.3 is 0 Å². The van der Waals surface area contributed by atoms with E-state index in [0.29, 0.717) is 0 Å². The molecule has 0 fully saturated rings. The largest absolute Gasteiger partial charge is 0.457 e. The zero-order chi connectivity index (χ0) is 31.9. The van der Waals surface area contributed by atoms with Crippen LogP contribution >= 0.6 is 0 Å². The number of pyridine rings is 1. The minimum atomic E-state index is 0.00825. The number of rotatable bonds is 4. The number of fused-ring (bicyclic) bond motifs is 8. The highest BCUT2D eigenvalue weighted by molar-refractivity contribution is 6.16. The van der Waals surface area contributed by atoms with Crippen molar-refractivity contribution in [3.8, 4) is 23.0 Å². The Morgan fingerprint density at radius 1 is 0.702 bits per heavy atom. The second-order valence-corrected chi connectivity index (χ2v) is 13.3. The Labute approximate surface area is 271 Å². The smallest absolute Gasteiger partial charge is 0.249 e. The Hall–Kier alpha value is -5.88. The summed E-state index contributed by atoms with van der Waals surface area (Å²) >= 11 is 0. The first kappa shape index (κ1) is 27.4. The number of aromatic nitrogens is 4. The molecule has 228 valence electrons. The number of furan rings is 1. The Kier molecular flexibility index (Phi) is 5.87. The predicted molar refractivity (Wildman–Crippen MR) is 189 cm³/mol. The molecule has 0 saturated carbocycles. The van der Waals surface area contributed by atoms with E-state index >= 15 is 0 Å². The van der Waals surface area contributed by atoms with Crippen LogP contribution in [0.1, 0.15) is 26.3 Å². The molecule has 6 heteroatoms. The van der Waals surface area contributed by atoms with Crippen molar-refractivity contribution in [1.29, 1.82) is 0 Å². The number of imidazole rings is 1. The van der Waals surface area contributed by atoms with Crippen molar-refractivity contribution in [2.75, 3.05) is 0 Å². The van der Waals surface area contributed by atoms with Crippen LogP contribution in [0, 0.1) is 0 Å². The molecule has 0 radical (unpaired) electrons. The minimum Gasteiger partial charge on any atom is -0.457 e. The maximum absolute atomic E-state index is 6.60. The van der Waals surface area contributed by atoms with Crippen LogP contribution < -0.4 is 9.30 Å². The molecule has 0 aliphatic carbocycles. The van der Waals surface area contributed by atoms with Crippen LogP contribution in [0.2, 0.25) is 0 Å². The number of hydrogen-bond acceptors (Lipinski definition) is 3. The van der Waals surface area contributed by atoms with Crippen LogP contribution in [-0.2, 0) is 12.5 Å². The molecule has 4 aromatic heterocycles. The molecule has 0 bridgehead atoms. The van der Waals surface area contributed by atoms with Gasteiger partial charge in [0.25, 0.3) is 0 Å². The van der Waals surface area contributed by atoms with Crippen LogP contribution in [-0.4, -0.2) is 14.1 Å². The number of ether oxygens (including phenoxy) is 1. The average molecular weight is 614 g/mol. The van der Waals surface area contributed by atoms with Gasteiger partial charge in [0.15, 0.2) is 11.0 Å². The van der Waals surface area contributed by atoms with E-state index in [0.717, 1.165) is 72.4 Å². The summed E-state index contributed by atoms with van der Waals surface area (Å²) in [6.45, 7) is 6.69. The first-order valence-corrected chi connectivity index (χ1v) is 15.9. The highest BCUT2D eigenvalue weighted by atomic mass is 16.5. The maximum atomic E-state index is 6.60. The van der Waals surface area contributed by atoms with E-state index in [1.54, 1.807) is 0 Å². The lowest BCUT2D eigenvalue weighted by molar-refractivity contribution is -0.645. The summed E-state index contributed by atoms with van der Waals surface area (Å²) in [5, 5.41) is 4.55. The summed E-state index contributed by atoms with van der Waals surface area (Å²) in [5.74, 6) is 2.41. The normalized spacial score (nSPS) is 12.3. The molecule has 0 amide bonds.